The molecule has 0 saturated carbocycles. The van der Waals surface area contributed by atoms with Gasteiger partial charge in [-0.3, -0.25) is 0 Å². The largest absolute Gasteiger partial charge is 1.00 e. The van der Waals surface area contributed by atoms with Crippen molar-refractivity contribution in [2.45, 2.75) is 177 Å². The zero-order valence-corrected chi connectivity index (χ0v) is 32.8. The van der Waals surface area contributed by atoms with Crippen molar-refractivity contribution in [2.24, 2.45) is 0 Å². The molecule has 8 atom stereocenters. The zero-order chi connectivity index (χ0) is 35.8. The van der Waals surface area contributed by atoms with Crippen LogP contribution in [0.1, 0.15) is 129 Å². The number of aliphatic hydroxyl groups excluding tert-OH is 8. The summed E-state index contributed by atoms with van der Waals surface area (Å²) >= 11 is 0. The van der Waals surface area contributed by atoms with Crippen molar-refractivity contribution >= 4 is 11.9 Å². The van der Waals surface area contributed by atoms with Gasteiger partial charge in [0.15, 0.2) is 0 Å². The molecule has 0 spiro atoms. The van der Waals surface area contributed by atoms with Crippen LogP contribution < -0.4 is 80.5 Å². The first-order valence-electron chi connectivity index (χ1n) is 16.8. The molecule has 8 unspecified atom stereocenters. The molecule has 0 radical (unpaired) electrons. The maximum Gasteiger partial charge on any atom is 1.00 e. The van der Waals surface area contributed by atoms with Crippen LogP contribution in [0.25, 0.3) is 0 Å². The first-order chi connectivity index (χ1) is 21.6. The second kappa shape index (κ2) is 32.4. The minimum absolute atomic E-state index is 0. The van der Waals surface area contributed by atoms with Gasteiger partial charge in [0.25, 0.3) is 0 Å². The number of hydrogen-bond donors (Lipinski definition) is 10. The van der Waals surface area contributed by atoms with Gasteiger partial charge in [0, 0.05) is 0 Å². The Morgan fingerprint density at radius 1 is 0.521 bits per heavy atom. The van der Waals surface area contributed by atoms with Crippen LogP contribution in [0.15, 0.2) is 0 Å². The van der Waals surface area contributed by atoms with Gasteiger partial charge in [-0.2, -0.15) is 0 Å². The molecule has 0 aliphatic rings. The van der Waals surface area contributed by atoms with E-state index in [0.29, 0.717) is 25.7 Å². The average molecular weight is 717 g/mol. The first-order valence-corrected chi connectivity index (χ1v) is 16.8. The van der Waals surface area contributed by atoms with E-state index in [9.17, 15) is 60.7 Å². The molecule has 10 N–H and O–H groups in total. The molecule has 0 aliphatic carbocycles. The summed E-state index contributed by atoms with van der Waals surface area (Å²) in [5.74, 6) is -3.81. The molecule has 276 valence electrons. The van der Waals surface area contributed by atoms with Crippen LogP contribution in [-0.4, -0.2) is 124 Å². The van der Waals surface area contributed by atoms with Gasteiger partial charge in [0.1, 0.15) is 47.8 Å². The summed E-state index contributed by atoms with van der Waals surface area (Å²) in [6, 6.07) is 0. The van der Waals surface area contributed by atoms with Gasteiger partial charge in [-0.05, 0) is 12.8 Å². The first kappa shape index (κ1) is 55.5. The van der Waals surface area contributed by atoms with Crippen LogP contribution in [0.2, 0.25) is 0 Å². The van der Waals surface area contributed by atoms with E-state index in [1.54, 1.807) is 0 Å². The second-order valence-electron chi connectivity index (χ2n) is 12.2. The molecule has 0 aromatic heterocycles. The van der Waals surface area contributed by atoms with Gasteiger partial charge in [0.05, 0.1) is 25.2 Å². The number of carbonyl (C=O) groups excluding carboxylic acids is 2. The van der Waals surface area contributed by atoms with Gasteiger partial charge in [-0.1, -0.05) is 117 Å². The molecule has 16 heteroatoms. The van der Waals surface area contributed by atoms with E-state index in [2.05, 4.69) is 13.8 Å². The maximum absolute atomic E-state index is 11.1. The van der Waals surface area contributed by atoms with Crippen molar-refractivity contribution < 1.29 is 141 Å². The van der Waals surface area contributed by atoms with Gasteiger partial charge >= 0.3 is 70.2 Å². The molecule has 0 aromatic rings. The summed E-state index contributed by atoms with van der Waals surface area (Å²) in [4.78, 5) is 22.3. The summed E-state index contributed by atoms with van der Waals surface area (Å²) in [6.07, 6.45) is 2.90. The van der Waals surface area contributed by atoms with Gasteiger partial charge in [0.2, 0.25) is 0 Å². The fourth-order valence-electron chi connectivity index (χ4n) is 5.00. The Morgan fingerprint density at radius 2 is 0.750 bits per heavy atom. The standard InChI is InChI=1S/2C16H32O7.K.Li/c2*1-2-3-4-5-6-7-8-9-10-16(23,15(21)22)14(20)13(19)12(18)11-17;;/h2*12-14,17-20,23H,2-11H2,1H3,(H,21,22);;/q;;2*+1/p-2. The van der Waals surface area contributed by atoms with Gasteiger partial charge in [-0.15, -0.1) is 0 Å². The molecule has 0 aromatic carbocycles. The number of aliphatic carboxylic acids is 2. The number of aliphatic hydroxyl groups is 10. The second-order valence-corrected chi connectivity index (χ2v) is 12.2. The summed E-state index contributed by atoms with van der Waals surface area (Å²) in [5, 5.41) is 117. The molecule has 14 nitrogen and oxygen atoms in total. The quantitative estimate of drug-likeness (QED) is 0.0266. The van der Waals surface area contributed by atoms with E-state index in [-0.39, 0.29) is 83.1 Å². The number of hydrogen-bond acceptors (Lipinski definition) is 14. The van der Waals surface area contributed by atoms with E-state index in [1.165, 1.54) is 38.5 Å². The summed E-state index contributed by atoms with van der Waals surface area (Å²) < 4.78 is 0. The Morgan fingerprint density at radius 3 is 0.958 bits per heavy atom. The van der Waals surface area contributed by atoms with Crippen LogP contribution in [0, 0.1) is 0 Å². The molecule has 0 amide bonds. The molecule has 0 aliphatic heterocycles. The van der Waals surface area contributed by atoms with Crippen LogP contribution in [0.4, 0.5) is 0 Å². The molecule has 0 fully saturated rings. The molecule has 0 saturated heterocycles. The SMILES string of the molecule is CCCCCCCCCCC(O)(C(=O)[O-])C(O)C(O)C(O)CO.CCCCCCCCCCC(O)(C(=O)[O-])C(O)C(O)C(O)CO.[K+].[Li+]. The summed E-state index contributed by atoms with van der Waals surface area (Å²) in [7, 11) is 0. The van der Waals surface area contributed by atoms with E-state index in [1.807, 2.05) is 0 Å². The number of carboxylic acids is 2. The Kier molecular flexibility index (Phi) is 37.5. The van der Waals surface area contributed by atoms with E-state index < -0.39 is 73.0 Å². The molecular weight excluding hydrogens is 654 g/mol. The Hall–Kier alpha value is 0.774. The third-order valence-corrected chi connectivity index (χ3v) is 8.32. The van der Waals surface area contributed by atoms with E-state index in [4.69, 9.17) is 10.2 Å². The normalized spacial score (nSPS) is 17.4. The fraction of sp³-hybridized carbons (Fsp3) is 0.938. The van der Waals surface area contributed by atoms with Crippen LogP contribution in [-0.2, 0) is 9.59 Å². The van der Waals surface area contributed by atoms with Crippen LogP contribution >= 0.6 is 0 Å². The zero-order valence-electron chi connectivity index (χ0n) is 29.7. The number of carboxylic acid groups (broad SMARTS) is 2. The topological polar surface area (TPSA) is 283 Å². The smallest absolute Gasteiger partial charge is 0.547 e. The van der Waals surface area contributed by atoms with Crippen molar-refractivity contribution in [1.29, 1.82) is 0 Å². The van der Waals surface area contributed by atoms with Crippen molar-refractivity contribution in [3.63, 3.8) is 0 Å². The molecule has 0 bridgehead atoms. The Bertz CT molecular complexity index is 723. The third kappa shape index (κ3) is 22.0. The fourth-order valence-corrected chi connectivity index (χ4v) is 5.00. The molecule has 0 rings (SSSR count). The van der Waals surface area contributed by atoms with E-state index >= 15 is 0 Å². The third-order valence-electron chi connectivity index (χ3n) is 8.32. The molecule has 0 heterocycles. The van der Waals surface area contributed by atoms with Crippen molar-refractivity contribution in [1.82, 2.24) is 0 Å². The van der Waals surface area contributed by atoms with E-state index in [0.717, 1.165) is 38.5 Å². The van der Waals surface area contributed by atoms with Crippen molar-refractivity contribution in [3.05, 3.63) is 0 Å². The molecular formula is C32H62KLiO14. The minimum Gasteiger partial charge on any atom is -0.547 e. The predicted molar refractivity (Wildman–Crippen MR) is 165 cm³/mol. The van der Waals surface area contributed by atoms with Crippen molar-refractivity contribution in [2.75, 3.05) is 13.2 Å². The van der Waals surface area contributed by atoms with Crippen molar-refractivity contribution in [3.8, 4) is 0 Å². The van der Waals surface area contributed by atoms with Gasteiger partial charge < -0.3 is 70.9 Å². The predicted octanol–water partition coefficient (Wildman–Crippen LogP) is -7.85. The number of unbranched alkanes of at least 4 members (excludes halogenated alkanes) is 14. The van der Waals surface area contributed by atoms with Gasteiger partial charge in [-0.25, -0.2) is 0 Å². The minimum atomic E-state index is -2.65. The molecule has 48 heavy (non-hydrogen) atoms. The maximum atomic E-state index is 11.1. The summed E-state index contributed by atoms with van der Waals surface area (Å²) in [6.45, 7) is 2.54. The Labute approximate surface area is 340 Å². The summed E-state index contributed by atoms with van der Waals surface area (Å²) in [5.41, 5.74) is -5.31. The average Bonchev–Trinajstić information content (AvgIpc) is 3.04. The van der Waals surface area contributed by atoms with Crippen LogP contribution in [0.5, 0.6) is 0 Å². The number of rotatable bonds is 28. The Balaban J connectivity index is -0.000000387. The van der Waals surface area contributed by atoms with Crippen LogP contribution in [0.3, 0.4) is 0 Å². The monoisotopic (exact) mass is 716 g/mol. The number of carbonyl (C=O) groups is 2.